The number of carbonyl (C=O) groups excluding carboxylic acids is 1. The molecular formula is C17H20N4O. The molecule has 1 aliphatic carbocycles. The Morgan fingerprint density at radius 3 is 2.55 bits per heavy atom. The van der Waals surface area contributed by atoms with Crippen LogP contribution in [0, 0.1) is 0 Å². The maximum absolute atomic E-state index is 11.9. The molecule has 1 aromatic heterocycles. The third-order valence-electron chi connectivity index (χ3n) is 3.72. The highest BCUT2D eigenvalue weighted by Gasteiger charge is 2.24. The van der Waals surface area contributed by atoms with Gasteiger partial charge in [0.05, 0.1) is 0 Å². The molecule has 0 atom stereocenters. The van der Waals surface area contributed by atoms with Gasteiger partial charge < -0.3 is 10.2 Å². The van der Waals surface area contributed by atoms with Crippen molar-refractivity contribution in [3.8, 4) is 0 Å². The number of anilines is 1. The van der Waals surface area contributed by atoms with E-state index >= 15 is 0 Å². The third-order valence-corrected chi connectivity index (χ3v) is 3.72. The highest BCUT2D eigenvalue weighted by Crippen LogP contribution is 2.19. The minimum Gasteiger partial charge on any atom is -0.351 e. The predicted octanol–water partition coefficient (Wildman–Crippen LogP) is 2.40. The molecule has 1 amide bonds. The van der Waals surface area contributed by atoms with E-state index < -0.39 is 0 Å². The first kappa shape index (κ1) is 14.5. The SMILES string of the molecule is CCN(Cc1ccccc1)c1ccc(C(=O)NC2CC2)nn1. The average molecular weight is 296 g/mol. The Hall–Kier alpha value is -2.43. The van der Waals surface area contributed by atoms with Gasteiger partial charge in [0.25, 0.3) is 5.91 Å². The number of amides is 1. The summed E-state index contributed by atoms with van der Waals surface area (Å²) in [6, 6.07) is 14.2. The maximum atomic E-state index is 11.9. The summed E-state index contributed by atoms with van der Waals surface area (Å²) in [5.74, 6) is 0.655. The number of benzene rings is 1. The van der Waals surface area contributed by atoms with Gasteiger partial charge in [-0.25, -0.2) is 0 Å². The number of hydrogen-bond donors (Lipinski definition) is 1. The van der Waals surface area contributed by atoms with E-state index in [1.165, 1.54) is 5.56 Å². The summed E-state index contributed by atoms with van der Waals surface area (Å²) >= 11 is 0. The van der Waals surface area contributed by atoms with Gasteiger partial charge in [0.2, 0.25) is 0 Å². The van der Waals surface area contributed by atoms with E-state index in [1.807, 2.05) is 24.3 Å². The largest absolute Gasteiger partial charge is 0.351 e. The van der Waals surface area contributed by atoms with Gasteiger partial charge in [-0.2, -0.15) is 0 Å². The van der Waals surface area contributed by atoms with E-state index in [-0.39, 0.29) is 5.91 Å². The number of hydrogen-bond acceptors (Lipinski definition) is 4. The lowest BCUT2D eigenvalue weighted by Gasteiger charge is -2.21. The van der Waals surface area contributed by atoms with Crippen LogP contribution in [-0.2, 0) is 6.54 Å². The zero-order valence-corrected chi connectivity index (χ0v) is 12.7. The fraction of sp³-hybridized carbons (Fsp3) is 0.353. The van der Waals surface area contributed by atoms with E-state index in [0.29, 0.717) is 11.7 Å². The third kappa shape index (κ3) is 3.61. The lowest BCUT2D eigenvalue weighted by atomic mass is 10.2. The second kappa shape index (κ2) is 6.56. The highest BCUT2D eigenvalue weighted by molar-refractivity contribution is 5.92. The second-order valence-electron chi connectivity index (χ2n) is 5.52. The van der Waals surface area contributed by atoms with Gasteiger partial charge in [0.15, 0.2) is 11.5 Å². The van der Waals surface area contributed by atoms with Crippen molar-refractivity contribution in [2.45, 2.75) is 32.4 Å². The molecule has 5 nitrogen and oxygen atoms in total. The number of nitrogens with one attached hydrogen (secondary N) is 1. The topological polar surface area (TPSA) is 58.1 Å². The minimum atomic E-state index is -0.132. The zero-order chi connectivity index (χ0) is 15.4. The van der Waals surface area contributed by atoms with Crippen molar-refractivity contribution in [1.82, 2.24) is 15.5 Å². The molecule has 1 aliphatic rings. The van der Waals surface area contributed by atoms with Crippen LogP contribution >= 0.6 is 0 Å². The number of rotatable bonds is 6. The van der Waals surface area contributed by atoms with Gasteiger partial charge in [-0.3, -0.25) is 4.79 Å². The van der Waals surface area contributed by atoms with Gasteiger partial charge in [-0.1, -0.05) is 30.3 Å². The predicted molar refractivity (Wildman–Crippen MR) is 85.7 cm³/mol. The van der Waals surface area contributed by atoms with E-state index in [0.717, 1.165) is 31.7 Å². The van der Waals surface area contributed by atoms with Crippen molar-refractivity contribution in [3.05, 3.63) is 53.7 Å². The van der Waals surface area contributed by atoms with Gasteiger partial charge in [-0.15, -0.1) is 10.2 Å². The molecule has 0 spiro atoms. The van der Waals surface area contributed by atoms with E-state index in [2.05, 4.69) is 39.5 Å². The monoisotopic (exact) mass is 296 g/mol. The van der Waals surface area contributed by atoms with Gasteiger partial charge in [0, 0.05) is 19.1 Å². The average Bonchev–Trinajstić information content (AvgIpc) is 3.38. The summed E-state index contributed by atoms with van der Waals surface area (Å²) in [6.45, 7) is 3.69. The van der Waals surface area contributed by atoms with Crippen LogP contribution in [0.2, 0.25) is 0 Å². The Balaban J connectivity index is 1.68. The lowest BCUT2D eigenvalue weighted by molar-refractivity contribution is 0.0945. The van der Waals surface area contributed by atoms with Crippen LogP contribution in [0.5, 0.6) is 0 Å². The first-order valence-electron chi connectivity index (χ1n) is 7.69. The first-order valence-corrected chi connectivity index (χ1v) is 7.69. The molecule has 1 fully saturated rings. The van der Waals surface area contributed by atoms with Crippen molar-refractivity contribution >= 4 is 11.7 Å². The van der Waals surface area contributed by atoms with Crippen LogP contribution < -0.4 is 10.2 Å². The van der Waals surface area contributed by atoms with Crippen molar-refractivity contribution in [3.63, 3.8) is 0 Å². The number of aromatic nitrogens is 2. The summed E-state index contributed by atoms with van der Waals surface area (Å²) in [4.78, 5) is 14.0. The standard InChI is InChI=1S/C17H20N4O/c1-2-21(12-13-6-4-3-5-7-13)16-11-10-15(19-20-16)17(22)18-14-8-9-14/h3-7,10-11,14H,2,8-9,12H2,1H3,(H,18,22). The van der Waals surface area contributed by atoms with Crippen LogP contribution in [0.25, 0.3) is 0 Å². The Labute approximate surface area is 130 Å². The molecule has 0 bridgehead atoms. The molecule has 0 aliphatic heterocycles. The fourth-order valence-corrected chi connectivity index (χ4v) is 2.26. The van der Waals surface area contributed by atoms with Crippen LogP contribution in [-0.4, -0.2) is 28.7 Å². The molecule has 3 rings (SSSR count). The molecule has 2 aromatic rings. The van der Waals surface area contributed by atoms with Crippen LogP contribution in [0.3, 0.4) is 0 Å². The van der Waals surface area contributed by atoms with Crippen molar-refractivity contribution in [1.29, 1.82) is 0 Å². The molecule has 1 saturated carbocycles. The molecule has 5 heteroatoms. The summed E-state index contributed by atoms with van der Waals surface area (Å²) in [5.41, 5.74) is 1.60. The molecular weight excluding hydrogens is 276 g/mol. The fourth-order valence-electron chi connectivity index (χ4n) is 2.26. The van der Waals surface area contributed by atoms with Crippen LogP contribution in [0.15, 0.2) is 42.5 Å². The van der Waals surface area contributed by atoms with Crippen molar-refractivity contribution in [2.75, 3.05) is 11.4 Å². The minimum absolute atomic E-state index is 0.132. The van der Waals surface area contributed by atoms with E-state index in [9.17, 15) is 4.79 Å². The first-order chi connectivity index (χ1) is 10.8. The van der Waals surface area contributed by atoms with Gasteiger partial charge in [-0.05, 0) is 37.5 Å². The van der Waals surface area contributed by atoms with Gasteiger partial charge in [0.1, 0.15) is 0 Å². The quantitative estimate of drug-likeness (QED) is 0.889. The van der Waals surface area contributed by atoms with Crippen LogP contribution in [0.4, 0.5) is 5.82 Å². The van der Waals surface area contributed by atoms with E-state index in [4.69, 9.17) is 0 Å². The summed E-state index contributed by atoms with van der Waals surface area (Å²) in [5, 5.41) is 11.2. The lowest BCUT2D eigenvalue weighted by Crippen LogP contribution is -2.27. The molecule has 1 heterocycles. The molecule has 22 heavy (non-hydrogen) atoms. The Morgan fingerprint density at radius 1 is 1.18 bits per heavy atom. The van der Waals surface area contributed by atoms with Crippen molar-refractivity contribution < 1.29 is 4.79 Å². The molecule has 1 aromatic carbocycles. The molecule has 0 radical (unpaired) electrons. The van der Waals surface area contributed by atoms with Crippen LogP contribution in [0.1, 0.15) is 35.8 Å². The Bertz CT molecular complexity index is 623. The second-order valence-corrected chi connectivity index (χ2v) is 5.52. The maximum Gasteiger partial charge on any atom is 0.272 e. The number of nitrogens with zero attached hydrogens (tertiary/aromatic N) is 3. The van der Waals surface area contributed by atoms with E-state index in [1.54, 1.807) is 6.07 Å². The zero-order valence-electron chi connectivity index (χ0n) is 12.7. The molecule has 0 unspecified atom stereocenters. The summed E-state index contributed by atoms with van der Waals surface area (Å²) in [6.07, 6.45) is 2.13. The van der Waals surface area contributed by atoms with Gasteiger partial charge >= 0.3 is 0 Å². The summed E-state index contributed by atoms with van der Waals surface area (Å²) in [7, 11) is 0. The Morgan fingerprint density at radius 2 is 1.95 bits per heavy atom. The highest BCUT2D eigenvalue weighted by atomic mass is 16.2. The molecule has 0 saturated heterocycles. The number of carbonyl (C=O) groups is 1. The molecule has 1 N–H and O–H groups in total. The Kier molecular flexibility index (Phi) is 4.32. The van der Waals surface area contributed by atoms with Crippen molar-refractivity contribution in [2.24, 2.45) is 0 Å². The molecule has 114 valence electrons. The smallest absolute Gasteiger partial charge is 0.272 e. The summed E-state index contributed by atoms with van der Waals surface area (Å²) < 4.78 is 0. The normalized spacial score (nSPS) is 13.7.